The number of pyridine rings is 1. The van der Waals surface area contributed by atoms with E-state index in [2.05, 4.69) is 22.2 Å². The lowest BCUT2D eigenvalue weighted by molar-refractivity contribution is 0.100. The Morgan fingerprint density at radius 1 is 1.75 bits per heavy atom. The molecule has 0 saturated heterocycles. The van der Waals surface area contributed by atoms with Crippen molar-refractivity contribution in [2.24, 2.45) is 4.99 Å². The van der Waals surface area contributed by atoms with Crippen LogP contribution in [0.25, 0.3) is 0 Å². The number of aliphatic imine (C=N–C) groups is 1. The Morgan fingerprint density at radius 3 is 3.08 bits per heavy atom. The highest BCUT2D eigenvalue weighted by Gasteiger charge is 2.07. The Hall–Kier alpha value is -1.09. The summed E-state index contributed by atoms with van der Waals surface area (Å²) in [6, 6.07) is 1.47. The van der Waals surface area contributed by atoms with Crippen LogP contribution in [0.3, 0.4) is 0 Å². The van der Waals surface area contributed by atoms with Gasteiger partial charge < -0.3 is 0 Å². The summed E-state index contributed by atoms with van der Waals surface area (Å²) in [6.45, 7) is 0. The van der Waals surface area contributed by atoms with E-state index in [4.69, 9.17) is 11.6 Å². The van der Waals surface area contributed by atoms with Gasteiger partial charge in [-0.05, 0) is 18.3 Å². The van der Waals surface area contributed by atoms with Crippen LogP contribution in [0.1, 0.15) is 10.4 Å². The molecule has 1 rings (SSSR count). The van der Waals surface area contributed by atoms with Crippen molar-refractivity contribution in [1.29, 1.82) is 0 Å². The predicted molar refractivity (Wildman–Crippen MR) is 48.6 cm³/mol. The third kappa shape index (κ3) is 1.95. The Labute approximate surface area is 79.1 Å². The molecule has 0 bridgehead atoms. The maximum Gasteiger partial charge on any atom is 0.287 e. The van der Waals surface area contributed by atoms with Gasteiger partial charge in [0.1, 0.15) is 0 Å². The highest BCUT2D eigenvalue weighted by Crippen LogP contribution is 2.13. The van der Waals surface area contributed by atoms with E-state index >= 15 is 0 Å². The number of hydrogen-bond donors (Lipinski definition) is 0. The van der Waals surface area contributed by atoms with Gasteiger partial charge in [-0.15, -0.1) is 0 Å². The van der Waals surface area contributed by atoms with Crippen molar-refractivity contribution in [3.8, 4) is 0 Å². The zero-order valence-electron chi connectivity index (χ0n) is 5.82. The number of amides is 1. The molecule has 0 aromatic carbocycles. The molecule has 3 nitrogen and oxygen atoms in total. The van der Waals surface area contributed by atoms with E-state index in [1.54, 1.807) is 0 Å². The SMILES string of the molecule is O=C(N=C=S)c1ccncc1Cl. The van der Waals surface area contributed by atoms with Crippen LogP contribution in [0.5, 0.6) is 0 Å². The molecular formula is C7H3ClN2OS. The van der Waals surface area contributed by atoms with E-state index in [-0.39, 0.29) is 10.6 Å². The topological polar surface area (TPSA) is 42.3 Å². The molecule has 1 aromatic heterocycles. The van der Waals surface area contributed by atoms with Gasteiger partial charge in [-0.2, -0.15) is 4.99 Å². The molecule has 0 fully saturated rings. The number of carbonyl (C=O) groups is 1. The Balaban J connectivity index is 3.11. The van der Waals surface area contributed by atoms with Gasteiger partial charge in [-0.3, -0.25) is 9.78 Å². The summed E-state index contributed by atoms with van der Waals surface area (Å²) in [5.74, 6) is -0.502. The molecule has 1 heterocycles. The summed E-state index contributed by atoms with van der Waals surface area (Å²) in [5, 5.41) is 2.23. The second kappa shape index (κ2) is 4.07. The Bertz CT molecular complexity index is 360. The van der Waals surface area contributed by atoms with Gasteiger partial charge in [0, 0.05) is 12.4 Å². The highest BCUT2D eigenvalue weighted by molar-refractivity contribution is 7.78. The van der Waals surface area contributed by atoms with E-state index in [0.717, 1.165) is 0 Å². The third-order valence-electron chi connectivity index (χ3n) is 1.15. The van der Waals surface area contributed by atoms with Crippen molar-refractivity contribution in [3.63, 3.8) is 0 Å². The third-order valence-corrected chi connectivity index (χ3v) is 1.54. The van der Waals surface area contributed by atoms with Gasteiger partial charge in [0.05, 0.1) is 15.7 Å². The van der Waals surface area contributed by atoms with Crippen molar-refractivity contribution in [2.45, 2.75) is 0 Å². The smallest absolute Gasteiger partial charge is 0.266 e. The normalized spacial score (nSPS) is 8.75. The molecule has 60 valence electrons. The molecule has 0 saturated carbocycles. The van der Waals surface area contributed by atoms with Gasteiger partial charge in [-0.25, -0.2) is 0 Å². The second-order valence-electron chi connectivity index (χ2n) is 1.86. The van der Waals surface area contributed by atoms with Crippen LogP contribution in [0, 0.1) is 0 Å². The van der Waals surface area contributed by atoms with Gasteiger partial charge in [-0.1, -0.05) is 11.6 Å². The Kier molecular flexibility index (Phi) is 3.05. The van der Waals surface area contributed by atoms with E-state index in [1.807, 2.05) is 5.16 Å². The molecule has 0 radical (unpaired) electrons. The van der Waals surface area contributed by atoms with Crippen LogP contribution in [-0.4, -0.2) is 16.1 Å². The molecule has 0 spiro atoms. The zero-order valence-corrected chi connectivity index (χ0v) is 7.39. The summed E-state index contributed by atoms with van der Waals surface area (Å²) < 4.78 is 0. The van der Waals surface area contributed by atoms with Crippen molar-refractivity contribution < 1.29 is 4.79 Å². The van der Waals surface area contributed by atoms with Gasteiger partial charge in [0.2, 0.25) is 0 Å². The first-order chi connectivity index (χ1) is 5.75. The number of rotatable bonds is 1. The van der Waals surface area contributed by atoms with Crippen LogP contribution >= 0.6 is 23.8 Å². The largest absolute Gasteiger partial charge is 0.287 e. The maximum atomic E-state index is 11.1. The fraction of sp³-hybridized carbons (Fsp3) is 0. The zero-order chi connectivity index (χ0) is 8.97. The van der Waals surface area contributed by atoms with Gasteiger partial charge >= 0.3 is 0 Å². The number of nitrogens with zero attached hydrogens (tertiary/aromatic N) is 2. The number of halogens is 1. The minimum Gasteiger partial charge on any atom is -0.266 e. The van der Waals surface area contributed by atoms with Crippen molar-refractivity contribution in [2.75, 3.05) is 0 Å². The van der Waals surface area contributed by atoms with E-state index < -0.39 is 5.91 Å². The second-order valence-corrected chi connectivity index (χ2v) is 2.45. The standard InChI is InChI=1S/C7H3ClN2OS/c8-6-3-9-2-1-5(6)7(11)10-4-12/h1-3H. The van der Waals surface area contributed by atoms with Crippen LogP contribution in [0.4, 0.5) is 0 Å². The fourth-order valence-electron chi connectivity index (χ4n) is 0.650. The van der Waals surface area contributed by atoms with Crippen LogP contribution < -0.4 is 0 Å². The van der Waals surface area contributed by atoms with Crippen LogP contribution in [0.2, 0.25) is 5.02 Å². The predicted octanol–water partition coefficient (Wildman–Crippen LogP) is 1.98. The number of hydrogen-bond acceptors (Lipinski definition) is 3. The lowest BCUT2D eigenvalue weighted by Gasteiger charge is -1.94. The van der Waals surface area contributed by atoms with Gasteiger partial charge in [0.15, 0.2) is 0 Å². The molecule has 0 unspecified atom stereocenters. The quantitative estimate of drug-likeness (QED) is 0.512. The molecular weight excluding hydrogens is 196 g/mol. The van der Waals surface area contributed by atoms with E-state index in [1.165, 1.54) is 18.5 Å². The van der Waals surface area contributed by atoms with Crippen molar-refractivity contribution in [3.05, 3.63) is 29.0 Å². The first-order valence-electron chi connectivity index (χ1n) is 2.97. The van der Waals surface area contributed by atoms with Crippen molar-refractivity contribution in [1.82, 2.24) is 4.98 Å². The minimum atomic E-state index is -0.502. The number of thiocarbonyl (C=S) groups is 1. The first kappa shape index (κ1) is 9.00. The molecule has 0 atom stereocenters. The summed E-state index contributed by atoms with van der Waals surface area (Å²) in [5.41, 5.74) is 0.281. The van der Waals surface area contributed by atoms with Crippen LogP contribution in [0.15, 0.2) is 23.5 Å². The number of carbonyl (C=O) groups excluding carboxylic acids is 1. The molecule has 5 heteroatoms. The lowest BCUT2D eigenvalue weighted by Crippen LogP contribution is -1.95. The Morgan fingerprint density at radius 2 is 2.50 bits per heavy atom. The summed E-state index contributed by atoms with van der Waals surface area (Å²) in [7, 11) is 0. The average Bonchev–Trinajstić information content (AvgIpc) is 2.05. The molecule has 0 N–H and O–H groups in total. The molecule has 0 aliphatic rings. The number of aromatic nitrogens is 1. The van der Waals surface area contributed by atoms with Crippen molar-refractivity contribution >= 4 is 34.9 Å². The highest BCUT2D eigenvalue weighted by atomic mass is 35.5. The number of isothiocyanates is 1. The minimum absolute atomic E-state index is 0.261. The average molecular weight is 199 g/mol. The van der Waals surface area contributed by atoms with E-state index in [9.17, 15) is 4.79 Å². The summed E-state index contributed by atoms with van der Waals surface area (Å²) in [4.78, 5) is 18.0. The molecule has 1 amide bonds. The summed E-state index contributed by atoms with van der Waals surface area (Å²) >= 11 is 9.93. The van der Waals surface area contributed by atoms with Crippen LogP contribution in [-0.2, 0) is 0 Å². The molecule has 0 aliphatic heterocycles. The van der Waals surface area contributed by atoms with E-state index in [0.29, 0.717) is 0 Å². The maximum absolute atomic E-state index is 11.1. The molecule has 1 aromatic rings. The molecule has 0 aliphatic carbocycles. The fourth-order valence-corrected chi connectivity index (χ4v) is 0.933. The molecule has 12 heavy (non-hydrogen) atoms. The monoisotopic (exact) mass is 198 g/mol. The summed E-state index contributed by atoms with van der Waals surface area (Å²) in [6.07, 6.45) is 2.83. The lowest BCUT2D eigenvalue weighted by atomic mass is 10.2. The van der Waals surface area contributed by atoms with Gasteiger partial charge in [0.25, 0.3) is 5.91 Å². The first-order valence-corrected chi connectivity index (χ1v) is 3.76.